The zero-order valence-electron chi connectivity index (χ0n) is 12.0. The first-order chi connectivity index (χ1) is 10.2. The predicted molar refractivity (Wildman–Crippen MR) is 80.8 cm³/mol. The Labute approximate surface area is 123 Å². The molecule has 0 aliphatic carbocycles. The molecule has 1 N–H and O–H groups in total. The molecule has 2 aromatic heterocycles. The van der Waals surface area contributed by atoms with E-state index in [0.29, 0.717) is 18.3 Å². The minimum absolute atomic E-state index is 0.521. The number of aromatic nitrogens is 3. The number of rotatable bonds is 4. The minimum atomic E-state index is 0.521. The Morgan fingerprint density at radius 3 is 2.62 bits per heavy atom. The maximum absolute atomic E-state index is 5.50. The molecule has 0 atom stereocenters. The van der Waals surface area contributed by atoms with Crippen molar-refractivity contribution in [2.75, 3.05) is 5.32 Å². The minimum Gasteiger partial charge on any atom is -0.421 e. The molecule has 0 fully saturated rings. The fraction of sp³-hybridized carbons (Fsp3) is 0.188. The third-order valence-corrected chi connectivity index (χ3v) is 3.12. The van der Waals surface area contributed by atoms with E-state index in [-0.39, 0.29) is 0 Å². The van der Waals surface area contributed by atoms with E-state index in [9.17, 15) is 0 Å². The van der Waals surface area contributed by atoms with Crippen LogP contribution in [-0.4, -0.2) is 15.2 Å². The molecule has 3 rings (SSSR count). The molecule has 21 heavy (non-hydrogen) atoms. The van der Waals surface area contributed by atoms with Crippen molar-refractivity contribution in [3.05, 3.63) is 59.7 Å². The molecule has 3 aromatic rings. The molecular weight excluding hydrogens is 264 g/mol. The summed E-state index contributed by atoms with van der Waals surface area (Å²) in [6.07, 6.45) is 1.87. The van der Waals surface area contributed by atoms with Gasteiger partial charge in [-0.3, -0.25) is 4.98 Å². The van der Waals surface area contributed by atoms with Crippen LogP contribution < -0.4 is 5.32 Å². The highest BCUT2D eigenvalue weighted by Gasteiger charge is 2.10. The average Bonchev–Trinajstić information content (AvgIpc) is 2.93. The first-order valence-corrected chi connectivity index (χ1v) is 6.77. The van der Waals surface area contributed by atoms with Gasteiger partial charge in [0, 0.05) is 18.8 Å². The number of nitrogens with zero attached hydrogens (tertiary/aromatic N) is 3. The van der Waals surface area contributed by atoms with Crippen molar-refractivity contribution in [2.24, 2.45) is 0 Å². The summed E-state index contributed by atoms with van der Waals surface area (Å²) in [7, 11) is 0. The topological polar surface area (TPSA) is 63.8 Å². The molecule has 1 aromatic carbocycles. The summed E-state index contributed by atoms with van der Waals surface area (Å²) in [5.74, 6) is 1.08. The van der Waals surface area contributed by atoms with Crippen LogP contribution in [0.4, 0.5) is 5.69 Å². The summed E-state index contributed by atoms with van der Waals surface area (Å²) >= 11 is 0. The number of para-hydroxylation sites is 1. The van der Waals surface area contributed by atoms with E-state index < -0.39 is 0 Å². The van der Waals surface area contributed by atoms with E-state index in [1.54, 1.807) is 6.92 Å². The third kappa shape index (κ3) is 3.08. The Balaban J connectivity index is 1.81. The Kier molecular flexibility index (Phi) is 3.64. The lowest BCUT2D eigenvalue weighted by Gasteiger charge is -2.09. The molecule has 5 nitrogen and oxygen atoms in total. The molecular formula is C16H16N4O. The molecule has 0 saturated carbocycles. The summed E-state index contributed by atoms with van der Waals surface area (Å²) in [4.78, 5) is 4.39. The number of pyridine rings is 1. The highest BCUT2D eigenvalue weighted by atomic mass is 16.4. The van der Waals surface area contributed by atoms with E-state index in [1.807, 2.05) is 43.5 Å². The fourth-order valence-electron chi connectivity index (χ4n) is 2.02. The summed E-state index contributed by atoms with van der Waals surface area (Å²) in [6.45, 7) is 4.45. The van der Waals surface area contributed by atoms with E-state index >= 15 is 0 Å². The van der Waals surface area contributed by atoms with Crippen LogP contribution in [0.15, 0.2) is 47.0 Å². The van der Waals surface area contributed by atoms with Gasteiger partial charge in [0.2, 0.25) is 11.8 Å². The lowest BCUT2D eigenvalue weighted by molar-refractivity contribution is 0.533. The van der Waals surface area contributed by atoms with E-state index in [0.717, 1.165) is 22.5 Å². The zero-order chi connectivity index (χ0) is 14.7. The Morgan fingerprint density at radius 2 is 1.90 bits per heavy atom. The second kappa shape index (κ2) is 5.75. The SMILES string of the molecule is Cc1ccc(CNc2ccccc2-c2nnc(C)o2)nc1. The van der Waals surface area contributed by atoms with Gasteiger partial charge in [-0.05, 0) is 30.7 Å². The molecule has 2 heterocycles. The number of hydrogen-bond donors (Lipinski definition) is 1. The highest BCUT2D eigenvalue weighted by Crippen LogP contribution is 2.26. The number of aryl methyl sites for hydroxylation is 2. The van der Waals surface area contributed by atoms with Gasteiger partial charge in [-0.2, -0.15) is 0 Å². The van der Waals surface area contributed by atoms with Gasteiger partial charge < -0.3 is 9.73 Å². The van der Waals surface area contributed by atoms with Crippen LogP contribution in [0, 0.1) is 13.8 Å². The van der Waals surface area contributed by atoms with Crippen LogP contribution in [0.5, 0.6) is 0 Å². The maximum atomic E-state index is 5.50. The van der Waals surface area contributed by atoms with Crippen molar-refractivity contribution in [3.8, 4) is 11.5 Å². The molecule has 0 spiro atoms. The zero-order valence-corrected chi connectivity index (χ0v) is 12.0. The molecule has 0 aliphatic heterocycles. The molecule has 5 heteroatoms. The Hall–Kier alpha value is -2.69. The second-order valence-corrected chi connectivity index (χ2v) is 4.85. The largest absolute Gasteiger partial charge is 0.421 e. The molecule has 106 valence electrons. The van der Waals surface area contributed by atoms with Gasteiger partial charge in [-0.25, -0.2) is 0 Å². The van der Waals surface area contributed by atoms with Crippen LogP contribution in [0.25, 0.3) is 11.5 Å². The van der Waals surface area contributed by atoms with Crippen LogP contribution in [-0.2, 0) is 6.54 Å². The summed E-state index contributed by atoms with van der Waals surface area (Å²) < 4.78 is 5.50. The second-order valence-electron chi connectivity index (χ2n) is 4.85. The Morgan fingerprint density at radius 1 is 1.05 bits per heavy atom. The summed E-state index contributed by atoms with van der Waals surface area (Å²) in [5.41, 5.74) is 3.98. The van der Waals surface area contributed by atoms with Gasteiger partial charge in [-0.15, -0.1) is 10.2 Å². The third-order valence-electron chi connectivity index (χ3n) is 3.12. The number of benzene rings is 1. The van der Waals surface area contributed by atoms with Crippen LogP contribution >= 0.6 is 0 Å². The molecule has 0 saturated heterocycles. The smallest absolute Gasteiger partial charge is 0.249 e. The predicted octanol–water partition coefficient (Wildman–Crippen LogP) is 3.36. The van der Waals surface area contributed by atoms with Crippen molar-refractivity contribution < 1.29 is 4.42 Å². The van der Waals surface area contributed by atoms with Crippen molar-refractivity contribution >= 4 is 5.69 Å². The van der Waals surface area contributed by atoms with E-state index in [2.05, 4.69) is 26.6 Å². The molecule has 0 bridgehead atoms. The first-order valence-electron chi connectivity index (χ1n) is 6.77. The van der Waals surface area contributed by atoms with Gasteiger partial charge in [0.15, 0.2) is 0 Å². The van der Waals surface area contributed by atoms with Gasteiger partial charge >= 0.3 is 0 Å². The van der Waals surface area contributed by atoms with Crippen molar-refractivity contribution in [2.45, 2.75) is 20.4 Å². The van der Waals surface area contributed by atoms with Crippen LogP contribution in [0.3, 0.4) is 0 Å². The van der Waals surface area contributed by atoms with Crippen LogP contribution in [0.1, 0.15) is 17.1 Å². The van der Waals surface area contributed by atoms with E-state index in [1.165, 1.54) is 0 Å². The average molecular weight is 280 g/mol. The first kappa shape index (κ1) is 13.3. The summed E-state index contributed by atoms with van der Waals surface area (Å²) in [5, 5.41) is 11.3. The standard InChI is InChI=1S/C16H16N4O/c1-11-7-8-13(17-9-11)10-18-15-6-4-3-5-14(15)16-20-19-12(2)21-16/h3-9,18H,10H2,1-2H3. The lowest BCUT2D eigenvalue weighted by Crippen LogP contribution is -2.02. The van der Waals surface area contributed by atoms with Crippen molar-refractivity contribution in [3.63, 3.8) is 0 Å². The molecule has 0 unspecified atom stereocenters. The maximum Gasteiger partial charge on any atom is 0.249 e. The van der Waals surface area contributed by atoms with Crippen LogP contribution in [0.2, 0.25) is 0 Å². The normalized spacial score (nSPS) is 10.6. The molecule has 0 radical (unpaired) electrons. The van der Waals surface area contributed by atoms with Gasteiger partial charge in [0.05, 0.1) is 17.8 Å². The van der Waals surface area contributed by atoms with Gasteiger partial charge in [0.25, 0.3) is 0 Å². The van der Waals surface area contributed by atoms with E-state index in [4.69, 9.17) is 4.42 Å². The Bertz CT molecular complexity index is 734. The molecule has 0 amide bonds. The number of hydrogen-bond acceptors (Lipinski definition) is 5. The molecule has 0 aliphatic rings. The quantitative estimate of drug-likeness (QED) is 0.794. The van der Waals surface area contributed by atoms with Crippen molar-refractivity contribution in [1.82, 2.24) is 15.2 Å². The summed E-state index contributed by atoms with van der Waals surface area (Å²) in [6, 6.07) is 11.9. The monoisotopic (exact) mass is 280 g/mol. The van der Waals surface area contributed by atoms with Gasteiger partial charge in [0.1, 0.15) is 0 Å². The number of anilines is 1. The number of nitrogens with one attached hydrogen (secondary N) is 1. The lowest BCUT2D eigenvalue weighted by atomic mass is 10.1. The van der Waals surface area contributed by atoms with Crippen molar-refractivity contribution in [1.29, 1.82) is 0 Å². The van der Waals surface area contributed by atoms with Gasteiger partial charge in [-0.1, -0.05) is 18.2 Å². The fourth-order valence-corrected chi connectivity index (χ4v) is 2.02. The highest BCUT2D eigenvalue weighted by molar-refractivity contribution is 5.72.